The second kappa shape index (κ2) is 7.26. The molecule has 1 amide bonds. The quantitative estimate of drug-likeness (QED) is 0.860. The summed E-state index contributed by atoms with van der Waals surface area (Å²) < 4.78 is 5.52. The van der Waals surface area contributed by atoms with Crippen molar-refractivity contribution in [2.45, 2.75) is 31.9 Å². The Kier molecular flexibility index (Phi) is 5.38. The SMILES string of the molecule is CC1OCCC1N(C)C(=O)c1cccc(C#CCCO)c1. The van der Waals surface area contributed by atoms with Crippen LogP contribution in [-0.2, 0) is 4.74 Å². The number of carbonyl (C=O) groups is 1. The van der Waals surface area contributed by atoms with E-state index in [1.54, 1.807) is 17.0 Å². The molecule has 2 unspecified atom stereocenters. The molecule has 1 aromatic carbocycles. The monoisotopic (exact) mass is 287 g/mol. The van der Waals surface area contributed by atoms with Crippen molar-refractivity contribution in [1.29, 1.82) is 0 Å². The Labute approximate surface area is 125 Å². The molecule has 1 aliphatic heterocycles. The number of nitrogens with zero attached hydrogens (tertiary/aromatic N) is 1. The van der Waals surface area contributed by atoms with Crippen molar-refractivity contribution in [3.05, 3.63) is 35.4 Å². The summed E-state index contributed by atoms with van der Waals surface area (Å²) >= 11 is 0. The Bertz CT molecular complexity index is 559. The molecule has 1 fully saturated rings. The standard InChI is InChI=1S/C17H21NO3/c1-13-16(9-11-21-13)18(2)17(20)15-8-5-7-14(12-15)6-3-4-10-19/h5,7-8,12-13,16,19H,4,9-11H2,1-2H3. The van der Waals surface area contributed by atoms with Crippen LogP contribution < -0.4 is 0 Å². The molecule has 112 valence electrons. The normalized spacial score (nSPS) is 20.7. The van der Waals surface area contributed by atoms with Crippen molar-refractivity contribution in [3.63, 3.8) is 0 Å². The Balaban J connectivity index is 2.12. The Morgan fingerprint density at radius 1 is 1.52 bits per heavy atom. The number of hydrogen-bond donors (Lipinski definition) is 1. The number of hydrogen-bond acceptors (Lipinski definition) is 3. The molecule has 1 aliphatic rings. The van der Waals surface area contributed by atoms with Gasteiger partial charge in [0.1, 0.15) is 0 Å². The molecule has 21 heavy (non-hydrogen) atoms. The molecule has 4 nitrogen and oxygen atoms in total. The molecular formula is C17H21NO3. The first-order chi connectivity index (χ1) is 10.1. The van der Waals surface area contributed by atoms with E-state index >= 15 is 0 Å². The van der Waals surface area contributed by atoms with E-state index in [4.69, 9.17) is 9.84 Å². The lowest BCUT2D eigenvalue weighted by atomic mass is 10.1. The van der Waals surface area contributed by atoms with E-state index in [2.05, 4.69) is 11.8 Å². The molecule has 2 atom stereocenters. The lowest BCUT2D eigenvalue weighted by molar-refractivity contribution is 0.0574. The third kappa shape index (κ3) is 3.84. The fourth-order valence-corrected chi connectivity index (χ4v) is 2.53. The van der Waals surface area contributed by atoms with Crippen molar-refractivity contribution in [2.24, 2.45) is 0 Å². The van der Waals surface area contributed by atoms with Crippen molar-refractivity contribution in [3.8, 4) is 11.8 Å². The minimum Gasteiger partial charge on any atom is -0.395 e. The Morgan fingerprint density at radius 3 is 3.00 bits per heavy atom. The van der Waals surface area contributed by atoms with Crippen LogP contribution >= 0.6 is 0 Å². The number of rotatable bonds is 3. The van der Waals surface area contributed by atoms with Gasteiger partial charge in [-0.05, 0) is 31.5 Å². The lowest BCUT2D eigenvalue weighted by Gasteiger charge is -2.26. The van der Waals surface area contributed by atoms with Gasteiger partial charge < -0.3 is 14.7 Å². The van der Waals surface area contributed by atoms with Gasteiger partial charge in [-0.1, -0.05) is 17.9 Å². The first-order valence-electron chi connectivity index (χ1n) is 7.22. The van der Waals surface area contributed by atoms with Crippen molar-refractivity contribution in [1.82, 2.24) is 4.90 Å². The molecule has 0 radical (unpaired) electrons. The molecular weight excluding hydrogens is 266 g/mol. The number of aliphatic hydroxyl groups excluding tert-OH is 1. The molecule has 1 aromatic rings. The maximum Gasteiger partial charge on any atom is 0.253 e. The van der Waals surface area contributed by atoms with Gasteiger partial charge in [0.2, 0.25) is 0 Å². The van der Waals surface area contributed by atoms with Gasteiger partial charge in [-0.15, -0.1) is 0 Å². The van der Waals surface area contributed by atoms with E-state index in [1.807, 2.05) is 26.1 Å². The maximum atomic E-state index is 12.5. The van der Waals surface area contributed by atoms with Gasteiger partial charge in [-0.25, -0.2) is 0 Å². The summed E-state index contributed by atoms with van der Waals surface area (Å²) in [6.07, 6.45) is 1.39. The highest BCUT2D eigenvalue weighted by molar-refractivity contribution is 5.94. The van der Waals surface area contributed by atoms with Crippen LogP contribution in [0.15, 0.2) is 24.3 Å². The molecule has 0 aromatic heterocycles. The maximum absolute atomic E-state index is 12.5. The number of amides is 1. The van der Waals surface area contributed by atoms with E-state index in [9.17, 15) is 4.79 Å². The zero-order valence-electron chi connectivity index (χ0n) is 12.5. The number of ether oxygens (including phenoxy) is 1. The average molecular weight is 287 g/mol. The summed E-state index contributed by atoms with van der Waals surface area (Å²) in [6.45, 7) is 2.75. The number of carbonyl (C=O) groups excluding carboxylic acids is 1. The minimum absolute atomic E-state index is 0.0110. The molecule has 1 N–H and O–H groups in total. The van der Waals surface area contributed by atoms with E-state index in [1.165, 1.54) is 0 Å². The van der Waals surface area contributed by atoms with Gasteiger partial charge in [0.05, 0.1) is 18.8 Å². The van der Waals surface area contributed by atoms with Crippen LogP contribution in [0.25, 0.3) is 0 Å². The largest absolute Gasteiger partial charge is 0.395 e. The van der Waals surface area contributed by atoms with Crippen LogP contribution in [0.5, 0.6) is 0 Å². The summed E-state index contributed by atoms with van der Waals surface area (Å²) in [7, 11) is 1.82. The summed E-state index contributed by atoms with van der Waals surface area (Å²) in [6, 6.07) is 7.42. The molecule has 1 heterocycles. The second-order valence-corrected chi connectivity index (χ2v) is 5.20. The van der Waals surface area contributed by atoms with Gasteiger partial charge in [0.15, 0.2) is 0 Å². The van der Waals surface area contributed by atoms with E-state index in [-0.39, 0.29) is 24.7 Å². The van der Waals surface area contributed by atoms with Crippen LogP contribution in [0.2, 0.25) is 0 Å². The second-order valence-electron chi connectivity index (χ2n) is 5.20. The van der Waals surface area contributed by atoms with Crippen molar-refractivity contribution in [2.75, 3.05) is 20.3 Å². The average Bonchev–Trinajstić information content (AvgIpc) is 2.92. The van der Waals surface area contributed by atoms with Crippen molar-refractivity contribution >= 4 is 5.91 Å². The molecule has 2 rings (SSSR count). The van der Waals surface area contributed by atoms with Gasteiger partial charge in [-0.3, -0.25) is 4.79 Å². The highest BCUT2D eigenvalue weighted by atomic mass is 16.5. The first-order valence-corrected chi connectivity index (χ1v) is 7.22. The van der Waals surface area contributed by atoms with Crippen molar-refractivity contribution < 1.29 is 14.6 Å². The van der Waals surface area contributed by atoms with Crippen LogP contribution in [0.1, 0.15) is 35.7 Å². The van der Waals surface area contributed by atoms with E-state index < -0.39 is 0 Å². The smallest absolute Gasteiger partial charge is 0.253 e. The fourth-order valence-electron chi connectivity index (χ4n) is 2.53. The third-order valence-electron chi connectivity index (χ3n) is 3.73. The highest BCUT2D eigenvalue weighted by Crippen LogP contribution is 2.20. The molecule has 0 saturated carbocycles. The summed E-state index contributed by atoms with van der Waals surface area (Å²) in [4.78, 5) is 14.3. The van der Waals surface area contributed by atoms with E-state index in [0.717, 1.165) is 12.0 Å². The van der Waals surface area contributed by atoms with Gasteiger partial charge in [0, 0.05) is 31.2 Å². The lowest BCUT2D eigenvalue weighted by Crippen LogP contribution is -2.41. The molecule has 0 bridgehead atoms. The van der Waals surface area contributed by atoms with Crippen LogP contribution in [0, 0.1) is 11.8 Å². The molecule has 0 spiro atoms. The minimum atomic E-state index is -0.0110. The molecule has 4 heteroatoms. The van der Waals surface area contributed by atoms with Gasteiger partial charge >= 0.3 is 0 Å². The Hall–Kier alpha value is -1.83. The highest BCUT2D eigenvalue weighted by Gasteiger charge is 2.30. The fraction of sp³-hybridized carbons (Fsp3) is 0.471. The Morgan fingerprint density at radius 2 is 2.33 bits per heavy atom. The number of benzene rings is 1. The summed E-state index contributed by atoms with van der Waals surface area (Å²) in [5.74, 6) is 5.81. The predicted octanol–water partition coefficient (Wildman–Crippen LogP) is 1.67. The molecule has 1 saturated heterocycles. The number of aliphatic hydroxyl groups is 1. The van der Waals surface area contributed by atoms with Crippen LogP contribution in [0.4, 0.5) is 0 Å². The third-order valence-corrected chi connectivity index (χ3v) is 3.73. The van der Waals surface area contributed by atoms with Gasteiger partial charge in [-0.2, -0.15) is 0 Å². The van der Waals surface area contributed by atoms with E-state index in [0.29, 0.717) is 18.6 Å². The van der Waals surface area contributed by atoms with Gasteiger partial charge in [0.25, 0.3) is 5.91 Å². The zero-order chi connectivity index (χ0) is 15.2. The number of likely N-dealkylation sites (N-methyl/N-ethyl adjacent to an activating group) is 1. The summed E-state index contributed by atoms with van der Waals surface area (Å²) in [5.41, 5.74) is 1.42. The topological polar surface area (TPSA) is 49.8 Å². The van der Waals surface area contributed by atoms with Crippen LogP contribution in [-0.4, -0.2) is 48.3 Å². The van der Waals surface area contributed by atoms with Crippen LogP contribution in [0.3, 0.4) is 0 Å². The summed E-state index contributed by atoms with van der Waals surface area (Å²) in [5, 5.41) is 8.73. The molecule has 0 aliphatic carbocycles. The first kappa shape index (κ1) is 15.6. The predicted molar refractivity (Wildman–Crippen MR) is 80.9 cm³/mol. The zero-order valence-corrected chi connectivity index (χ0v) is 12.5.